The van der Waals surface area contributed by atoms with Gasteiger partial charge in [0.15, 0.2) is 0 Å². The molecule has 0 heterocycles. The second kappa shape index (κ2) is 4.57. The van der Waals surface area contributed by atoms with Gasteiger partial charge in [0.25, 0.3) is 0 Å². The SMILES string of the molecule is CCCC(C)C(N)C1C2CC3CC(C2)CC1C3. The van der Waals surface area contributed by atoms with Crippen LogP contribution in [-0.4, -0.2) is 6.04 Å². The fourth-order valence-corrected chi connectivity index (χ4v) is 5.62. The van der Waals surface area contributed by atoms with Gasteiger partial charge in [-0.3, -0.25) is 0 Å². The maximum absolute atomic E-state index is 6.63. The van der Waals surface area contributed by atoms with Gasteiger partial charge in [-0.1, -0.05) is 20.3 Å². The maximum Gasteiger partial charge on any atom is 0.00982 e. The van der Waals surface area contributed by atoms with E-state index in [4.69, 9.17) is 5.73 Å². The van der Waals surface area contributed by atoms with E-state index < -0.39 is 0 Å². The quantitative estimate of drug-likeness (QED) is 0.787. The van der Waals surface area contributed by atoms with Crippen molar-refractivity contribution in [1.29, 1.82) is 0 Å². The van der Waals surface area contributed by atoms with Crippen LogP contribution in [0.5, 0.6) is 0 Å². The van der Waals surface area contributed by atoms with E-state index in [9.17, 15) is 0 Å². The summed E-state index contributed by atoms with van der Waals surface area (Å²) in [6.07, 6.45) is 10.2. The van der Waals surface area contributed by atoms with Crippen molar-refractivity contribution >= 4 is 0 Å². The first-order chi connectivity index (χ1) is 8.19. The van der Waals surface area contributed by atoms with Gasteiger partial charge in [-0.15, -0.1) is 0 Å². The van der Waals surface area contributed by atoms with Gasteiger partial charge in [-0.25, -0.2) is 0 Å². The molecule has 1 heteroatoms. The lowest BCUT2D eigenvalue weighted by Gasteiger charge is -2.56. The standard InChI is InChI=1S/C16H29N/c1-3-4-10(2)16(17)15-13-6-11-5-12(8-13)9-14(15)7-11/h10-16H,3-9,17H2,1-2H3. The highest BCUT2D eigenvalue weighted by atomic mass is 14.7. The van der Waals surface area contributed by atoms with Crippen molar-refractivity contribution in [2.24, 2.45) is 41.2 Å². The third-order valence-electron chi connectivity index (χ3n) is 6.15. The maximum atomic E-state index is 6.63. The molecule has 0 amide bonds. The van der Waals surface area contributed by atoms with Crippen LogP contribution >= 0.6 is 0 Å². The van der Waals surface area contributed by atoms with Gasteiger partial charge in [0.2, 0.25) is 0 Å². The Hall–Kier alpha value is -0.0400. The Morgan fingerprint density at radius 3 is 2.00 bits per heavy atom. The summed E-state index contributed by atoms with van der Waals surface area (Å²) in [5.41, 5.74) is 6.63. The lowest BCUT2D eigenvalue weighted by atomic mass is 9.50. The zero-order chi connectivity index (χ0) is 12.0. The van der Waals surface area contributed by atoms with Crippen molar-refractivity contribution < 1.29 is 0 Å². The summed E-state index contributed by atoms with van der Waals surface area (Å²) in [7, 11) is 0. The Kier molecular flexibility index (Phi) is 3.23. The van der Waals surface area contributed by atoms with E-state index >= 15 is 0 Å². The minimum absolute atomic E-state index is 0.491. The first-order valence-corrected chi connectivity index (χ1v) is 7.94. The summed E-state index contributed by atoms with van der Waals surface area (Å²) < 4.78 is 0. The van der Waals surface area contributed by atoms with Crippen molar-refractivity contribution in [3.63, 3.8) is 0 Å². The second-order valence-electron chi connectivity index (χ2n) is 7.35. The summed E-state index contributed by atoms with van der Waals surface area (Å²) in [5.74, 6) is 5.79. The lowest BCUT2D eigenvalue weighted by molar-refractivity contribution is -0.0537. The fourth-order valence-electron chi connectivity index (χ4n) is 5.62. The summed E-state index contributed by atoms with van der Waals surface area (Å²) in [6, 6.07) is 0.491. The van der Waals surface area contributed by atoms with Crippen molar-refractivity contribution in [2.45, 2.75) is 64.8 Å². The molecule has 4 rings (SSSR count). The van der Waals surface area contributed by atoms with Crippen LogP contribution in [0.15, 0.2) is 0 Å². The zero-order valence-electron chi connectivity index (χ0n) is 11.6. The summed E-state index contributed by atoms with van der Waals surface area (Å²) in [5, 5.41) is 0. The molecular formula is C16H29N. The Bertz CT molecular complexity index is 245. The normalized spacial score (nSPS) is 47.1. The number of hydrogen-bond donors (Lipinski definition) is 1. The molecule has 2 unspecified atom stereocenters. The third kappa shape index (κ3) is 2.05. The topological polar surface area (TPSA) is 26.0 Å². The van der Waals surface area contributed by atoms with E-state index in [2.05, 4.69) is 13.8 Å². The predicted octanol–water partition coefficient (Wildman–Crippen LogP) is 3.82. The Morgan fingerprint density at radius 2 is 1.53 bits per heavy atom. The average molecular weight is 235 g/mol. The number of rotatable bonds is 4. The smallest absolute Gasteiger partial charge is 0.00982 e. The summed E-state index contributed by atoms with van der Waals surface area (Å²) in [6.45, 7) is 4.68. The molecule has 2 N–H and O–H groups in total. The van der Waals surface area contributed by atoms with E-state index in [1.165, 1.54) is 38.5 Å². The summed E-state index contributed by atoms with van der Waals surface area (Å²) >= 11 is 0. The van der Waals surface area contributed by atoms with Crippen LogP contribution < -0.4 is 5.73 Å². The fraction of sp³-hybridized carbons (Fsp3) is 1.00. The second-order valence-corrected chi connectivity index (χ2v) is 7.35. The number of nitrogens with two attached hydrogens (primary N) is 1. The monoisotopic (exact) mass is 235 g/mol. The van der Waals surface area contributed by atoms with Gasteiger partial charge in [0.1, 0.15) is 0 Å². The molecule has 2 atom stereocenters. The molecule has 0 saturated heterocycles. The van der Waals surface area contributed by atoms with Crippen molar-refractivity contribution in [3.8, 4) is 0 Å². The summed E-state index contributed by atoms with van der Waals surface area (Å²) in [4.78, 5) is 0. The van der Waals surface area contributed by atoms with Crippen LogP contribution in [0.4, 0.5) is 0 Å². The Morgan fingerprint density at radius 1 is 1.00 bits per heavy atom. The molecule has 0 aliphatic heterocycles. The molecule has 4 fully saturated rings. The average Bonchev–Trinajstić information content (AvgIpc) is 2.27. The molecule has 1 nitrogen and oxygen atoms in total. The predicted molar refractivity (Wildman–Crippen MR) is 72.6 cm³/mol. The molecule has 0 aromatic rings. The highest BCUT2D eigenvalue weighted by molar-refractivity contribution is 5.01. The third-order valence-corrected chi connectivity index (χ3v) is 6.15. The highest BCUT2D eigenvalue weighted by Crippen LogP contribution is 2.57. The van der Waals surface area contributed by atoms with E-state index in [0.717, 1.165) is 35.5 Å². The first kappa shape index (κ1) is 12.0. The number of hydrogen-bond acceptors (Lipinski definition) is 1. The van der Waals surface area contributed by atoms with Gasteiger partial charge < -0.3 is 5.73 Å². The van der Waals surface area contributed by atoms with Crippen LogP contribution in [0.1, 0.15) is 58.8 Å². The molecule has 17 heavy (non-hydrogen) atoms. The molecule has 0 aromatic carbocycles. The van der Waals surface area contributed by atoms with E-state index in [1.807, 2.05) is 0 Å². The molecule has 4 saturated carbocycles. The minimum atomic E-state index is 0.491. The van der Waals surface area contributed by atoms with Crippen molar-refractivity contribution in [2.75, 3.05) is 0 Å². The van der Waals surface area contributed by atoms with E-state index in [-0.39, 0.29) is 0 Å². The van der Waals surface area contributed by atoms with Gasteiger partial charge in [0.05, 0.1) is 0 Å². The molecular weight excluding hydrogens is 206 g/mol. The Labute approximate surface area is 107 Å². The van der Waals surface area contributed by atoms with Gasteiger partial charge >= 0.3 is 0 Å². The molecule has 4 aliphatic carbocycles. The van der Waals surface area contributed by atoms with E-state index in [0.29, 0.717) is 6.04 Å². The van der Waals surface area contributed by atoms with Crippen LogP contribution in [0.2, 0.25) is 0 Å². The lowest BCUT2D eigenvalue weighted by Crippen LogP contribution is -2.53. The van der Waals surface area contributed by atoms with Crippen LogP contribution in [0.25, 0.3) is 0 Å². The molecule has 0 radical (unpaired) electrons. The van der Waals surface area contributed by atoms with Crippen LogP contribution in [0.3, 0.4) is 0 Å². The van der Waals surface area contributed by atoms with Crippen molar-refractivity contribution in [1.82, 2.24) is 0 Å². The molecule has 0 aromatic heterocycles. The highest BCUT2D eigenvalue weighted by Gasteiger charge is 2.50. The van der Waals surface area contributed by atoms with Gasteiger partial charge in [-0.2, -0.15) is 0 Å². The van der Waals surface area contributed by atoms with Crippen LogP contribution in [-0.2, 0) is 0 Å². The molecule has 0 spiro atoms. The molecule has 4 bridgehead atoms. The van der Waals surface area contributed by atoms with Crippen molar-refractivity contribution in [3.05, 3.63) is 0 Å². The van der Waals surface area contributed by atoms with Gasteiger partial charge in [0, 0.05) is 6.04 Å². The Balaban J connectivity index is 1.71. The van der Waals surface area contributed by atoms with Crippen LogP contribution in [0, 0.1) is 35.5 Å². The first-order valence-electron chi connectivity index (χ1n) is 7.94. The molecule has 4 aliphatic rings. The molecule has 98 valence electrons. The van der Waals surface area contributed by atoms with Gasteiger partial charge in [-0.05, 0) is 74.0 Å². The zero-order valence-corrected chi connectivity index (χ0v) is 11.6. The van der Waals surface area contributed by atoms with E-state index in [1.54, 1.807) is 6.42 Å². The minimum Gasteiger partial charge on any atom is -0.327 e. The largest absolute Gasteiger partial charge is 0.327 e.